The van der Waals surface area contributed by atoms with Gasteiger partial charge in [-0.25, -0.2) is 4.79 Å². The van der Waals surface area contributed by atoms with Gasteiger partial charge in [0.25, 0.3) is 0 Å². The molecule has 2 aromatic carbocycles. The maximum Gasteiger partial charge on any atom is 0.315 e. The van der Waals surface area contributed by atoms with Crippen LogP contribution in [-0.2, 0) is 19.1 Å². The SMILES string of the molecule is COc1cc2cc3c(Nc4cccc(SCC(=O)NCCOCCOCCNC(=O)CCCCC5SCC6NC(=O)NC65)c4)[nH][nH]c-3c2cc1OC. The van der Waals surface area contributed by atoms with Crippen LogP contribution < -0.4 is 36.1 Å². The normalized spacial score (nSPS) is 17.9. The smallest absolute Gasteiger partial charge is 0.315 e. The van der Waals surface area contributed by atoms with Crippen molar-refractivity contribution in [3.05, 3.63) is 42.5 Å². The summed E-state index contributed by atoms with van der Waals surface area (Å²) in [5, 5.41) is 24.2. The van der Waals surface area contributed by atoms with Crippen LogP contribution in [0.1, 0.15) is 25.7 Å². The highest BCUT2D eigenvalue weighted by molar-refractivity contribution is 8.00. The molecule has 2 saturated heterocycles. The zero-order valence-corrected chi connectivity index (χ0v) is 31.1. The Bertz CT molecular complexity index is 1780. The van der Waals surface area contributed by atoms with E-state index in [0.29, 0.717) is 62.7 Å². The van der Waals surface area contributed by atoms with Gasteiger partial charge in [0, 0.05) is 52.0 Å². The fourth-order valence-electron chi connectivity index (χ4n) is 6.44. The molecule has 3 aliphatic heterocycles. The molecule has 3 heterocycles. The summed E-state index contributed by atoms with van der Waals surface area (Å²) in [6.45, 7) is 2.49. The molecular weight excluding hydrogens is 707 g/mol. The lowest BCUT2D eigenvalue weighted by molar-refractivity contribution is -0.121. The lowest BCUT2D eigenvalue weighted by Gasteiger charge is -2.16. The number of carbonyl (C=O) groups excluding carboxylic acids is 3. The van der Waals surface area contributed by atoms with Crippen molar-refractivity contribution in [2.75, 3.05) is 70.6 Å². The van der Waals surface area contributed by atoms with Crippen LogP contribution >= 0.6 is 23.5 Å². The molecule has 52 heavy (non-hydrogen) atoms. The van der Waals surface area contributed by atoms with Gasteiger partial charge in [-0.1, -0.05) is 12.5 Å². The molecule has 2 fully saturated rings. The first-order valence-corrected chi connectivity index (χ1v) is 19.6. The Morgan fingerprint density at radius 1 is 0.904 bits per heavy atom. The Kier molecular flexibility index (Phi) is 13.3. The third kappa shape index (κ3) is 9.79. The van der Waals surface area contributed by atoms with Crippen molar-refractivity contribution < 1.29 is 33.3 Å². The first-order valence-electron chi connectivity index (χ1n) is 17.5. The number of nitrogens with one attached hydrogen (secondary N) is 7. The highest BCUT2D eigenvalue weighted by atomic mass is 32.2. The summed E-state index contributed by atoms with van der Waals surface area (Å²) >= 11 is 3.36. The van der Waals surface area contributed by atoms with Gasteiger partial charge in [-0.2, -0.15) is 11.8 Å². The fraction of sp³-hybridized carbons (Fsp3) is 0.472. The minimum atomic E-state index is -0.0698. The third-order valence-corrected chi connectivity index (χ3v) is 11.5. The van der Waals surface area contributed by atoms with Gasteiger partial charge >= 0.3 is 6.03 Å². The number of ether oxygens (including phenoxy) is 4. The Morgan fingerprint density at radius 3 is 2.46 bits per heavy atom. The summed E-state index contributed by atoms with van der Waals surface area (Å²) in [5.74, 6) is 3.38. The molecule has 3 atom stereocenters. The van der Waals surface area contributed by atoms with E-state index in [-0.39, 0.29) is 35.7 Å². The molecular formula is C36H47N7O7S2. The molecule has 0 spiro atoms. The topological polar surface area (TPSA) is 180 Å². The minimum Gasteiger partial charge on any atom is -0.493 e. The largest absolute Gasteiger partial charge is 0.493 e. The van der Waals surface area contributed by atoms with E-state index >= 15 is 0 Å². The number of anilines is 2. The molecule has 1 aliphatic carbocycles. The van der Waals surface area contributed by atoms with Crippen LogP contribution in [0, 0.1) is 0 Å². The first-order chi connectivity index (χ1) is 25.4. The molecule has 7 N–H and O–H groups in total. The molecule has 0 bridgehead atoms. The van der Waals surface area contributed by atoms with Crippen LogP contribution in [0.4, 0.5) is 16.3 Å². The number of hydrogen-bond donors (Lipinski definition) is 7. The van der Waals surface area contributed by atoms with Crippen molar-refractivity contribution in [3.8, 4) is 22.8 Å². The minimum absolute atomic E-state index is 0.0263. The van der Waals surface area contributed by atoms with E-state index in [4.69, 9.17) is 18.9 Å². The predicted molar refractivity (Wildman–Crippen MR) is 204 cm³/mol. The predicted octanol–water partition coefficient (Wildman–Crippen LogP) is 4.45. The van der Waals surface area contributed by atoms with Crippen LogP contribution in [0.15, 0.2) is 47.4 Å². The van der Waals surface area contributed by atoms with Crippen LogP contribution in [0.2, 0.25) is 0 Å². The third-order valence-electron chi connectivity index (χ3n) is 9.04. The molecule has 2 aromatic rings. The number of thioether (sulfide) groups is 2. The van der Waals surface area contributed by atoms with Crippen LogP contribution in [0.3, 0.4) is 0 Å². The van der Waals surface area contributed by atoms with Crippen molar-refractivity contribution in [1.82, 2.24) is 31.5 Å². The molecule has 280 valence electrons. The van der Waals surface area contributed by atoms with Gasteiger partial charge in [-0.05, 0) is 54.6 Å². The lowest BCUT2D eigenvalue weighted by atomic mass is 10.0. The second-order valence-electron chi connectivity index (χ2n) is 12.6. The van der Waals surface area contributed by atoms with E-state index < -0.39 is 0 Å². The number of carbonyl (C=O) groups is 3. The van der Waals surface area contributed by atoms with E-state index in [1.807, 2.05) is 48.2 Å². The summed E-state index contributed by atoms with van der Waals surface area (Å²) in [6, 6.07) is 14.3. The van der Waals surface area contributed by atoms with Gasteiger partial charge < -0.3 is 45.5 Å². The summed E-state index contributed by atoms with van der Waals surface area (Å²) in [7, 11) is 3.25. The van der Waals surface area contributed by atoms with Gasteiger partial charge in [0.1, 0.15) is 5.82 Å². The van der Waals surface area contributed by atoms with E-state index in [2.05, 4.69) is 42.8 Å². The van der Waals surface area contributed by atoms with E-state index in [1.165, 1.54) is 11.8 Å². The average molecular weight is 754 g/mol. The van der Waals surface area contributed by atoms with Crippen LogP contribution in [0.25, 0.3) is 22.0 Å². The van der Waals surface area contributed by atoms with Crippen LogP contribution in [0.5, 0.6) is 11.5 Å². The number of aromatic nitrogens is 2. The molecule has 0 saturated carbocycles. The summed E-state index contributed by atoms with van der Waals surface area (Å²) in [5.41, 5.74) is 2.87. The Labute approximate surface area is 311 Å². The molecule has 14 nitrogen and oxygen atoms in total. The van der Waals surface area contributed by atoms with Gasteiger partial charge in [-0.15, -0.1) is 11.8 Å². The second kappa shape index (κ2) is 18.5. The highest BCUT2D eigenvalue weighted by Crippen LogP contribution is 2.43. The molecule has 4 aliphatic rings. The first kappa shape index (κ1) is 37.5. The Hall–Kier alpha value is -4.25. The van der Waals surface area contributed by atoms with E-state index in [0.717, 1.165) is 63.4 Å². The van der Waals surface area contributed by atoms with Crippen molar-refractivity contribution in [2.24, 2.45) is 0 Å². The Balaban J connectivity index is 0.783. The number of rotatable bonds is 21. The van der Waals surface area contributed by atoms with E-state index in [1.54, 1.807) is 14.2 Å². The van der Waals surface area contributed by atoms with Gasteiger partial charge in [0.05, 0.1) is 64.2 Å². The van der Waals surface area contributed by atoms with E-state index in [9.17, 15) is 14.4 Å². The number of unbranched alkanes of at least 4 members (excludes halogenated alkanes) is 1. The average Bonchev–Trinajstić information content (AvgIpc) is 3.91. The molecule has 6 rings (SSSR count). The fourth-order valence-corrected chi connectivity index (χ4v) is 8.77. The zero-order chi connectivity index (χ0) is 36.3. The Morgan fingerprint density at radius 2 is 1.67 bits per heavy atom. The molecule has 4 amide bonds. The zero-order valence-electron chi connectivity index (χ0n) is 29.4. The van der Waals surface area contributed by atoms with Crippen molar-refractivity contribution in [1.29, 1.82) is 0 Å². The van der Waals surface area contributed by atoms with Crippen molar-refractivity contribution in [2.45, 2.75) is 47.9 Å². The van der Waals surface area contributed by atoms with Crippen molar-refractivity contribution in [3.63, 3.8) is 0 Å². The quantitative estimate of drug-likeness (QED) is 0.0365. The van der Waals surface area contributed by atoms with Gasteiger partial charge in [-0.3, -0.25) is 19.8 Å². The number of urea groups is 1. The molecule has 0 radical (unpaired) electrons. The number of H-pyrrole nitrogens is 2. The van der Waals surface area contributed by atoms with Gasteiger partial charge in [0.15, 0.2) is 11.5 Å². The monoisotopic (exact) mass is 753 g/mol. The molecule has 0 aromatic heterocycles. The number of hydrogen-bond acceptors (Lipinski definition) is 10. The number of aromatic amines is 2. The summed E-state index contributed by atoms with van der Waals surface area (Å²) in [4.78, 5) is 37.0. The highest BCUT2D eigenvalue weighted by Gasteiger charge is 2.42. The van der Waals surface area contributed by atoms with Gasteiger partial charge in [0.2, 0.25) is 11.8 Å². The summed E-state index contributed by atoms with van der Waals surface area (Å²) < 4.78 is 22.0. The maximum atomic E-state index is 12.4. The number of amides is 4. The number of fused-ring (bicyclic) bond motifs is 4. The number of methoxy groups -OCH3 is 2. The summed E-state index contributed by atoms with van der Waals surface area (Å²) in [6.07, 6.45) is 3.28. The van der Waals surface area contributed by atoms with Crippen LogP contribution in [-0.4, -0.2) is 111 Å². The maximum absolute atomic E-state index is 12.4. The number of benzene rings is 2. The molecule has 16 heteroatoms. The second-order valence-corrected chi connectivity index (χ2v) is 14.9. The molecule has 3 unspecified atom stereocenters. The van der Waals surface area contributed by atoms with Crippen molar-refractivity contribution >= 4 is 63.6 Å². The standard InChI is InChI=1S/C36H47N7O7S2/c1-47-28-17-22-16-26-33(25(22)19-29(28)48-2)42-43-35(26)39-23-6-5-7-24(18-23)51-21-32(45)38-11-13-50-15-14-49-12-10-37-31(44)9-4-3-8-30-34-27(20-52-30)40-36(46)41-34/h5-7,16-19,27,30,34,39,42-43H,3-4,8-15,20-21H2,1-2H3,(H,37,44)(H,38,45)(H2,40,41,46). The lowest BCUT2D eigenvalue weighted by Crippen LogP contribution is -2.36.